The van der Waals surface area contributed by atoms with Gasteiger partial charge >= 0.3 is 0 Å². The van der Waals surface area contributed by atoms with Crippen molar-refractivity contribution in [2.75, 3.05) is 0 Å². The summed E-state index contributed by atoms with van der Waals surface area (Å²) >= 11 is 0. The highest BCUT2D eigenvalue weighted by Crippen LogP contribution is 2.48. The Balaban J connectivity index is 1.56. The molecule has 0 unspecified atom stereocenters. The molecule has 140 valence electrons. The fraction of sp³-hybridized carbons (Fsp3) is 0.182. The van der Waals surface area contributed by atoms with Crippen molar-refractivity contribution < 1.29 is 9.66 Å². The number of nitrogens with zero attached hydrogens (tertiary/aromatic N) is 2. The van der Waals surface area contributed by atoms with Gasteiger partial charge < -0.3 is 4.74 Å². The van der Waals surface area contributed by atoms with Crippen molar-refractivity contribution in [1.82, 2.24) is 10.4 Å². The molecule has 3 atom stereocenters. The third-order valence-corrected chi connectivity index (χ3v) is 5.44. The van der Waals surface area contributed by atoms with Gasteiger partial charge in [0.1, 0.15) is 5.75 Å². The summed E-state index contributed by atoms with van der Waals surface area (Å²) in [4.78, 5) is 10.9. The number of ether oxygens (including phenoxy) is 1. The summed E-state index contributed by atoms with van der Waals surface area (Å²) < 4.78 is 6.29. The number of nitrogens with one attached hydrogen (secondary N) is 1. The Morgan fingerprint density at radius 2 is 1.71 bits per heavy atom. The minimum atomic E-state index is -0.437. The van der Waals surface area contributed by atoms with Crippen LogP contribution in [0.4, 0.5) is 5.69 Å². The van der Waals surface area contributed by atoms with Crippen LogP contribution in [0.25, 0.3) is 0 Å². The van der Waals surface area contributed by atoms with Crippen LogP contribution in [-0.2, 0) is 0 Å². The van der Waals surface area contributed by atoms with E-state index >= 15 is 0 Å². The molecule has 6 heteroatoms. The molecule has 0 aliphatic carbocycles. The maximum atomic E-state index is 11.2. The predicted molar refractivity (Wildman–Crippen MR) is 104 cm³/mol. The number of non-ortho nitro benzene ring substituents is 1. The summed E-state index contributed by atoms with van der Waals surface area (Å²) in [5.41, 5.74) is 6.76. The Morgan fingerprint density at radius 3 is 2.54 bits per heavy atom. The number of nitro groups is 1. The normalized spacial score (nSPS) is 23.5. The highest BCUT2D eigenvalue weighted by molar-refractivity contribution is 5.42. The van der Waals surface area contributed by atoms with Gasteiger partial charge in [-0.2, -0.15) is 5.01 Å². The Morgan fingerprint density at radius 1 is 0.964 bits per heavy atom. The van der Waals surface area contributed by atoms with E-state index in [4.69, 9.17) is 4.74 Å². The molecule has 2 aliphatic heterocycles. The van der Waals surface area contributed by atoms with E-state index < -0.39 is 6.23 Å². The Hall–Kier alpha value is -3.22. The van der Waals surface area contributed by atoms with Gasteiger partial charge in [0.25, 0.3) is 5.69 Å². The topological polar surface area (TPSA) is 67.6 Å². The lowest BCUT2D eigenvalue weighted by molar-refractivity contribution is -0.385. The van der Waals surface area contributed by atoms with Crippen LogP contribution in [0.15, 0.2) is 78.9 Å². The largest absolute Gasteiger partial charge is 0.469 e. The number of hydrogen-bond acceptors (Lipinski definition) is 5. The zero-order valence-electron chi connectivity index (χ0n) is 15.1. The van der Waals surface area contributed by atoms with E-state index in [1.165, 1.54) is 11.6 Å². The van der Waals surface area contributed by atoms with Gasteiger partial charge in [-0.3, -0.25) is 10.1 Å². The van der Waals surface area contributed by atoms with Crippen molar-refractivity contribution >= 4 is 5.69 Å². The average molecular weight is 373 g/mol. The molecule has 0 saturated carbocycles. The molecule has 0 spiro atoms. The van der Waals surface area contributed by atoms with Crippen molar-refractivity contribution in [3.63, 3.8) is 0 Å². The molecule has 2 aliphatic rings. The minimum Gasteiger partial charge on any atom is -0.469 e. The van der Waals surface area contributed by atoms with Crippen LogP contribution in [0.5, 0.6) is 5.75 Å². The number of hydrogen-bond donors (Lipinski definition) is 1. The third-order valence-electron chi connectivity index (χ3n) is 5.44. The highest BCUT2D eigenvalue weighted by atomic mass is 16.6. The first-order valence-corrected chi connectivity index (χ1v) is 9.30. The van der Waals surface area contributed by atoms with Crippen molar-refractivity contribution in [2.45, 2.75) is 24.7 Å². The summed E-state index contributed by atoms with van der Waals surface area (Å²) in [6.07, 6.45) is 0.462. The molecule has 1 fully saturated rings. The minimum absolute atomic E-state index is 0.0651. The van der Waals surface area contributed by atoms with Gasteiger partial charge in [0.15, 0.2) is 6.23 Å². The second-order valence-electron chi connectivity index (χ2n) is 7.11. The first-order chi connectivity index (χ1) is 13.7. The molecule has 6 nitrogen and oxygen atoms in total. The van der Waals surface area contributed by atoms with E-state index in [1.54, 1.807) is 12.1 Å². The van der Waals surface area contributed by atoms with E-state index in [0.717, 1.165) is 23.3 Å². The number of rotatable bonds is 3. The lowest BCUT2D eigenvalue weighted by atomic mass is 9.95. The zero-order chi connectivity index (χ0) is 19.1. The average Bonchev–Trinajstić information content (AvgIpc) is 3.20. The third kappa shape index (κ3) is 2.83. The quantitative estimate of drug-likeness (QED) is 0.533. The summed E-state index contributed by atoms with van der Waals surface area (Å²) in [5.74, 6) is 0.829. The molecule has 3 aromatic rings. The molecular formula is C22H19N3O3. The molecule has 1 saturated heterocycles. The van der Waals surface area contributed by atoms with Gasteiger partial charge in [0.05, 0.1) is 11.0 Å². The van der Waals surface area contributed by atoms with E-state index in [2.05, 4.69) is 28.6 Å². The summed E-state index contributed by atoms with van der Waals surface area (Å²) in [6, 6.07) is 25.3. The molecule has 1 N–H and O–H groups in total. The maximum Gasteiger partial charge on any atom is 0.269 e. The van der Waals surface area contributed by atoms with Crippen LogP contribution in [0.2, 0.25) is 0 Å². The molecule has 28 heavy (non-hydrogen) atoms. The number of nitro benzene ring substituents is 1. The zero-order valence-corrected chi connectivity index (χ0v) is 15.1. The van der Waals surface area contributed by atoms with E-state index in [9.17, 15) is 10.1 Å². The fourth-order valence-electron chi connectivity index (χ4n) is 4.12. The second-order valence-corrected chi connectivity index (χ2v) is 7.11. The van der Waals surface area contributed by atoms with Gasteiger partial charge in [-0.05, 0) is 18.1 Å². The Kier molecular flexibility index (Phi) is 4.07. The predicted octanol–water partition coefficient (Wildman–Crippen LogP) is 4.68. The monoisotopic (exact) mass is 373 g/mol. The van der Waals surface area contributed by atoms with Crippen molar-refractivity contribution in [3.05, 3.63) is 106 Å². The number of hydrazine groups is 1. The van der Waals surface area contributed by atoms with Crippen LogP contribution >= 0.6 is 0 Å². The van der Waals surface area contributed by atoms with Crippen molar-refractivity contribution in [3.8, 4) is 5.75 Å². The standard InChI is InChI=1S/C22H19N3O3/c26-25(27)17-10-6-9-16(13-17)22-24-20(18-11-4-5-12-21(18)28-22)14-19(23-24)15-7-2-1-3-8-15/h1-13,19-20,22-23H,14H2/t19-,20+,22-/m0/s1. The first kappa shape index (κ1) is 16.9. The van der Waals surface area contributed by atoms with E-state index in [1.807, 2.05) is 42.5 Å². The van der Waals surface area contributed by atoms with Crippen molar-refractivity contribution in [1.29, 1.82) is 0 Å². The summed E-state index contributed by atoms with van der Waals surface area (Å²) in [7, 11) is 0. The highest BCUT2D eigenvalue weighted by Gasteiger charge is 2.44. The molecule has 0 bridgehead atoms. The molecule has 0 aromatic heterocycles. The fourth-order valence-corrected chi connectivity index (χ4v) is 4.12. The first-order valence-electron chi connectivity index (χ1n) is 9.30. The lowest BCUT2D eigenvalue weighted by Gasteiger charge is -2.38. The molecule has 2 heterocycles. The van der Waals surface area contributed by atoms with Crippen molar-refractivity contribution in [2.24, 2.45) is 0 Å². The lowest BCUT2D eigenvalue weighted by Crippen LogP contribution is -2.42. The van der Waals surface area contributed by atoms with E-state index in [-0.39, 0.29) is 22.7 Å². The van der Waals surface area contributed by atoms with Crippen LogP contribution in [0, 0.1) is 10.1 Å². The number of para-hydroxylation sites is 1. The van der Waals surface area contributed by atoms with E-state index in [0.29, 0.717) is 0 Å². The van der Waals surface area contributed by atoms with Crippen LogP contribution in [0.1, 0.15) is 41.4 Å². The second kappa shape index (κ2) is 6.74. The Bertz CT molecular complexity index is 1020. The van der Waals surface area contributed by atoms with Crippen LogP contribution in [-0.4, -0.2) is 9.93 Å². The molecular weight excluding hydrogens is 354 g/mol. The maximum absolute atomic E-state index is 11.2. The molecule has 5 rings (SSSR count). The summed E-state index contributed by atoms with van der Waals surface area (Å²) in [6.45, 7) is 0. The SMILES string of the molecule is O=[N+]([O-])c1cccc([C@@H]2Oc3ccccc3[C@H]3C[C@@H](c4ccccc4)NN32)c1. The van der Waals surface area contributed by atoms with Gasteiger partial charge in [-0.25, -0.2) is 5.43 Å². The van der Waals surface area contributed by atoms with Crippen LogP contribution < -0.4 is 10.2 Å². The number of fused-ring (bicyclic) bond motifs is 3. The molecule has 3 aromatic carbocycles. The molecule has 0 amide bonds. The summed E-state index contributed by atoms with van der Waals surface area (Å²) in [5, 5.41) is 13.3. The number of benzene rings is 3. The van der Waals surface area contributed by atoms with Gasteiger partial charge in [0.2, 0.25) is 0 Å². The smallest absolute Gasteiger partial charge is 0.269 e. The van der Waals surface area contributed by atoms with Gasteiger partial charge in [-0.1, -0.05) is 60.7 Å². The van der Waals surface area contributed by atoms with Gasteiger partial charge in [0, 0.05) is 29.3 Å². The Labute approximate surface area is 162 Å². The van der Waals surface area contributed by atoms with Crippen LogP contribution in [0.3, 0.4) is 0 Å². The van der Waals surface area contributed by atoms with Gasteiger partial charge in [-0.15, -0.1) is 0 Å². The molecule has 0 radical (unpaired) electrons.